The van der Waals surface area contributed by atoms with Gasteiger partial charge in [0.25, 0.3) is 0 Å². The van der Waals surface area contributed by atoms with E-state index < -0.39 is 11.7 Å². The van der Waals surface area contributed by atoms with E-state index in [1.165, 1.54) is 10.8 Å². The van der Waals surface area contributed by atoms with E-state index in [0.29, 0.717) is 12.2 Å². The summed E-state index contributed by atoms with van der Waals surface area (Å²) in [6.07, 6.45) is 2.76. The molecule has 0 aliphatic heterocycles. The first-order chi connectivity index (χ1) is 6.86. The first-order valence-corrected chi connectivity index (χ1v) is 4.88. The molecule has 15 heavy (non-hydrogen) atoms. The summed E-state index contributed by atoms with van der Waals surface area (Å²) in [6.45, 7) is 5.11. The quantitative estimate of drug-likeness (QED) is 0.753. The van der Waals surface area contributed by atoms with Crippen molar-refractivity contribution in [3.63, 3.8) is 0 Å². The van der Waals surface area contributed by atoms with Crippen LogP contribution in [0.25, 0.3) is 0 Å². The van der Waals surface area contributed by atoms with Gasteiger partial charge in [-0.2, -0.15) is 0 Å². The lowest BCUT2D eigenvalue weighted by atomic mass is 10.2. The fourth-order valence-corrected chi connectivity index (χ4v) is 1.39. The number of aromatic nitrogens is 2. The number of aryl methyl sites for hydroxylation is 1. The number of carbonyl (C=O) groups is 1. The minimum Gasteiger partial charge on any atom is -0.543 e. The molecule has 84 valence electrons. The maximum Gasteiger partial charge on any atom is 0.137 e. The summed E-state index contributed by atoms with van der Waals surface area (Å²) < 4.78 is 1.46. The molecule has 0 aliphatic carbocycles. The van der Waals surface area contributed by atoms with Crippen LogP contribution in [0.2, 0.25) is 0 Å². The average molecular weight is 211 g/mol. The number of rotatable bonds is 4. The summed E-state index contributed by atoms with van der Waals surface area (Å²) >= 11 is 0. The molecule has 0 unspecified atom stereocenters. The lowest BCUT2D eigenvalue weighted by Crippen LogP contribution is -2.27. The highest BCUT2D eigenvalue weighted by atomic mass is 16.4. The maximum absolute atomic E-state index is 10.6. The molecule has 1 N–H and O–H groups in total. The molecular weight excluding hydrogens is 196 g/mol. The van der Waals surface area contributed by atoms with E-state index in [1.54, 1.807) is 13.8 Å². The van der Waals surface area contributed by atoms with E-state index in [-0.39, 0.29) is 5.69 Å². The Morgan fingerprint density at radius 2 is 2.27 bits per heavy atom. The Hall–Kier alpha value is -1.36. The van der Waals surface area contributed by atoms with Crippen LogP contribution in [0.1, 0.15) is 43.5 Å². The van der Waals surface area contributed by atoms with Gasteiger partial charge in [0.05, 0.1) is 5.97 Å². The molecule has 1 heterocycles. The second-order valence-corrected chi connectivity index (χ2v) is 3.94. The molecule has 1 rings (SSSR count). The number of aliphatic hydroxyl groups is 1. The highest BCUT2D eigenvalue weighted by Crippen LogP contribution is 2.16. The molecule has 0 atom stereocenters. The third kappa shape index (κ3) is 2.56. The van der Waals surface area contributed by atoms with E-state index in [4.69, 9.17) is 0 Å². The van der Waals surface area contributed by atoms with Crippen LogP contribution in [-0.2, 0) is 12.1 Å². The highest BCUT2D eigenvalue weighted by molar-refractivity contribution is 5.83. The summed E-state index contributed by atoms with van der Waals surface area (Å²) in [5, 5.41) is 20.4. The zero-order valence-corrected chi connectivity index (χ0v) is 9.15. The van der Waals surface area contributed by atoms with Gasteiger partial charge in [-0.15, -0.1) is 0 Å². The van der Waals surface area contributed by atoms with Crippen molar-refractivity contribution >= 4 is 5.97 Å². The topological polar surface area (TPSA) is 78.2 Å². The normalized spacial score (nSPS) is 11.7. The van der Waals surface area contributed by atoms with Crippen LogP contribution in [0, 0.1) is 0 Å². The zero-order chi connectivity index (χ0) is 11.6. The molecule has 5 nitrogen and oxygen atoms in total. The molecule has 1 aromatic heterocycles. The van der Waals surface area contributed by atoms with Gasteiger partial charge in [-0.05, 0) is 20.3 Å². The van der Waals surface area contributed by atoms with Crippen LogP contribution < -0.4 is 5.11 Å². The fourth-order valence-electron chi connectivity index (χ4n) is 1.39. The second-order valence-electron chi connectivity index (χ2n) is 3.94. The Bertz CT molecular complexity index is 363. The number of carbonyl (C=O) groups excluding carboxylic acids is 1. The molecule has 0 aliphatic rings. The Labute approximate surface area is 88.4 Å². The minimum absolute atomic E-state index is 0.138. The number of hydrogen-bond acceptors (Lipinski definition) is 4. The molecule has 0 aromatic carbocycles. The van der Waals surface area contributed by atoms with E-state index in [9.17, 15) is 15.0 Å². The van der Waals surface area contributed by atoms with Gasteiger partial charge in [-0.25, -0.2) is 4.98 Å². The Balaban J connectivity index is 3.17. The average Bonchev–Trinajstić information content (AvgIpc) is 2.48. The third-order valence-electron chi connectivity index (χ3n) is 2.05. The van der Waals surface area contributed by atoms with Crippen molar-refractivity contribution in [1.29, 1.82) is 0 Å². The second kappa shape index (κ2) is 4.02. The summed E-state index contributed by atoms with van der Waals surface area (Å²) in [6, 6.07) is 0. The number of imidazole rings is 1. The van der Waals surface area contributed by atoms with Crippen LogP contribution >= 0.6 is 0 Å². The molecule has 0 spiro atoms. The van der Waals surface area contributed by atoms with Crippen LogP contribution in [0.3, 0.4) is 0 Å². The van der Waals surface area contributed by atoms with Gasteiger partial charge in [0, 0.05) is 12.6 Å². The molecular formula is C10H15N2O3-. The van der Waals surface area contributed by atoms with E-state index in [2.05, 4.69) is 4.98 Å². The first kappa shape index (κ1) is 11.7. The number of carboxylic acid groups (broad SMARTS) is 1. The van der Waals surface area contributed by atoms with Crippen molar-refractivity contribution in [2.75, 3.05) is 0 Å². The molecule has 0 fully saturated rings. The predicted octanol–water partition coefficient (Wildman–Crippen LogP) is -0.116. The van der Waals surface area contributed by atoms with E-state index in [0.717, 1.165) is 6.42 Å². The number of nitrogens with zero attached hydrogens (tertiary/aromatic N) is 2. The van der Waals surface area contributed by atoms with Gasteiger partial charge in [0.1, 0.15) is 17.2 Å². The van der Waals surface area contributed by atoms with Gasteiger partial charge < -0.3 is 19.6 Å². The van der Waals surface area contributed by atoms with Gasteiger partial charge in [0.15, 0.2) is 0 Å². The van der Waals surface area contributed by atoms with Crippen LogP contribution in [0.5, 0.6) is 0 Å². The van der Waals surface area contributed by atoms with Gasteiger partial charge in [-0.1, -0.05) is 6.92 Å². The van der Waals surface area contributed by atoms with Crippen molar-refractivity contribution < 1.29 is 15.0 Å². The number of carboxylic acids is 1. The summed E-state index contributed by atoms with van der Waals surface area (Å²) in [7, 11) is 0. The molecule has 1 aromatic rings. The van der Waals surface area contributed by atoms with E-state index >= 15 is 0 Å². The molecule has 0 saturated heterocycles. The first-order valence-electron chi connectivity index (χ1n) is 4.88. The highest BCUT2D eigenvalue weighted by Gasteiger charge is 2.20. The molecule has 0 amide bonds. The zero-order valence-electron chi connectivity index (χ0n) is 9.15. The molecule has 0 radical (unpaired) electrons. The van der Waals surface area contributed by atoms with Crippen molar-refractivity contribution in [2.45, 2.75) is 39.3 Å². The third-order valence-corrected chi connectivity index (χ3v) is 2.05. The number of aromatic carboxylic acids is 1. The van der Waals surface area contributed by atoms with Crippen molar-refractivity contribution in [3.05, 3.63) is 17.7 Å². The Kier molecular flexibility index (Phi) is 3.14. The maximum atomic E-state index is 10.6. The van der Waals surface area contributed by atoms with Gasteiger partial charge >= 0.3 is 0 Å². The van der Waals surface area contributed by atoms with Crippen molar-refractivity contribution in [2.24, 2.45) is 0 Å². The molecule has 5 heteroatoms. The number of hydrogen-bond donors (Lipinski definition) is 1. The van der Waals surface area contributed by atoms with Gasteiger partial charge in [-0.3, -0.25) is 0 Å². The summed E-state index contributed by atoms with van der Waals surface area (Å²) in [5.41, 5.74) is -1.29. The standard InChI is InChI=1S/C10H16N2O3/c1-4-5-8-11-7(9(13)14)6-12(8)10(2,3)15/h6,15H,4-5H2,1-3H3,(H,13,14)/p-1. The lowest BCUT2D eigenvalue weighted by molar-refractivity contribution is -0.255. The monoisotopic (exact) mass is 211 g/mol. The van der Waals surface area contributed by atoms with Gasteiger partial charge in [0.2, 0.25) is 0 Å². The predicted molar refractivity (Wildman–Crippen MR) is 52.1 cm³/mol. The van der Waals surface area contributed by atoms with Crippen LogP contribution in [0.4, 0.5) is 0 Å². The van der Waals surface area contributed by atoms with Crippen molar-refractivity contribution in [1.82, 2.24) is 9.55 Å². The smallest absolute Gasteiger partial charge is 0.137 e. The molecule has 0 bridgehead atoms. The lowest BCUT2D eigenvalue weighted by Gasteiger charge is -2.21. The molecule has 0 saturated carbocycles. The summed E-state index contributed by atoms with van der Waals surface area (Å²) in [4.78, 5) is 14.5. The Morgan fingerprint density at radius 3 is 2.67 bits per heavy atom. The fraction of sp³-hybridized carbons (Fsp3) is 0.600. The summed E-state index contributed by atoms with van der Waals surface area (Å²) in [5.74, 6) is -0.764. The van der Waals surface area contributed by atoms with E-state index in [1.807, 2.05) is 6.92 Å². The SMILES string of the molecule is CCCc1nc(C(=O)[O-])cn1C(C)(C)O. The largest absolute Gasteiger partial charge is 0.543 e. The minimum atomic E-state index is -1.32. The Morgan fingerprint density at radius 1 is 1.67 bits per heavy atom. The van der Waals surface area contributed by atoms with Crippen molar-refractivity contribution in [3.8, 4) is 0 Å². The van der Waals surface area contributed by atoms with Crippen LogP contribution in [0.15, 0.2) is 6.20 Å². The van der Waals surface area contributed by atoms with Crippen LogP contribution in [-0.4, -0.2) is 20.6 Å².